The van der Waals surface area contributed by atoms with Crippen LogP contribution in [0.25, 0.3) is 0 Å². The van der Waals surface area contributed by atoms with E-state index in [0.29, 0.717) is 45.1 Å². The van der Waals surface area contributed by atoms with Gasteiger partial charge in [0.2, 0.25) is 0 Å². The minimum atomic E-state index is -0.954. The molecule has 328 valence electrons. The molecule has 10 N–H and O–H groups in total. The lowest BCUT2D eigenvalue weighted by atomic mass is 10.3. The molecule has 1 saturated heterocycles. The van der Waals surface area contributed by atoms with Crippen LogP contribution in [0.15, 0.2) is 0 Å². The molecule has 1 rings (SSSR count). The summed E-state index contributed by atoms with van der Waals surface area (Å²) in [5, 5.41) is 64.5. The highest BCUT2D eigenvalue weighted by molar-refractivity contribution is 5.72. The number of hydrogen-bond donors (Lipinski definition) is 8. The molecule has 1 fully saturated rings. The van der Waals surface area contributed by atoms with E-state index in [2.05, 4.69) is 0 Å². The van der Waals surface area contributed by atoms with Crippen molar-refractivity contribution in [3.8, 4) is 0 Å². The van der Waals surface area contributed by atoms with Crippen LogP contribution in [0.3, 0.4) is 0 Å². The number of rotatable bonds is 18. The number of Topliss-reactive ketones (excluding diaryl/α,β-unsaturated/α-hetero) is 1. The molecule has 54 heavy (non-hydrogen) atoms. The molecule has 19 nitrogen and oxygen atoms in total. The van der Waals surface area contributed by atoms with Crippen molar-refractivity contribution in [2.75, 3.05) is 52.9 Å². The summed E-state index contributed by atoms with van der Waals surface area (Å²) >= 11 is 0. The molecule has 1 unspecified atom stereocenters. The molecule has 0 bridgehead atoms. The summed E-state index contributed by atoms with van der Waals surface area (Å²) in [6.45, 7) is 13.1. The molecule has 1 atom stereocenters. The molecule has 19 heteroatoms. The van der Waals surface area contributed by atoms with Gasteiger partial charge in [-0.1, -0.05) is 35.1 Å². The van der Waals surface area contributed by atoms with Crippen molar-refractivity contribution in [1.82, 2.24) is 0 Å². The fourth-order valence-electron chi connectivity index (χ4n) is 2.67. The van der Waals surface area contributed by atoms with Gasteiger partial charge in [-0.2, -0.15) is 0 Å². The molecule has 0 aromatic heterocycles. The number of carbonyl (C=O) groups excluding carboxylic acids is 4. The third-order valence-corrected chi connectivity index (χ3v) is 5.10. The van der Waals surface area contributed by atoms with Gasteiger partial charge in [0.05, 0.1) is 39.6 Å². The van der Waals surface area contributed by atoms with Gasteiger partial charge >= 0.3 is 23.9 Å². The summed E-state index contributed by atoms with van der Waals surface area (Å²) in [6, 6.07) is 0. The molecule has 0 aromatic rings. The molecule has 1 aliphatic heterocycles. The number of ether oxygens (including phenoxy) is 5. The molecular formula is C35H74O19. The minimum absolute atomic E-state index is 0. The first-order chi connectivity index (χ1) is 24.3. The zero-order valence-electron chi connectivity index (χ0n) is 32.8. The number of esters is 3. The maximum absolute atomic E-state index is 11.5. The Bertz CT molecular complexity index is 826. The van der Waals surface area contributed by atoms with Crippen molar-refractivity contribution >= 4 is 29.7 Å². The zero-order chi connectivity index (χ0) is 41.5. The summed E-state index contributed by atoms with van der Waals surface area (Å²) < 4.78 is 25.6. The van der Waals surface area contributed by atoms with Gasteiger partial charge in [-0.05, 0) is 53.4 Å². The number of hydrogen-bond acceptors (Lipinski definition) is 17. The minimum Gasteiger partial charge on any atom is -0.481 e. The summed E-state index contributed by atoms with van der Waals surface area (Å²) in [6.07, 6.45) is 1.18. The number of aliphatic hydroxyl groups excluding tert-OH is 7. The zero-order valence-corrected chi connectivity index (χ0v) is 32.8. The van der Waals surface area contributed by atoms with Crippen LogP contribution in [0.2, 0.25) is 0 Å². The molecule has 0 radical (unpaired) electrons. The van der Waals surface area contributed by atoms with Crippen LogP contribution in [0.5, 0.6) is 0 Å². The Balaban J connectivity index is -0.000000111. The fraction of sp³-hybridized carbons (Fsp3) is 0.857. The van der Waals surface area contributed by atoms with Crippen molar-refractivity contribution in [2.45, 2.75) is 144 Å². The lowest BCUT2D eigenvalue weighted by Crippen LogP contribution is -2.30. The number of carbonyl (C=O) groups is 5. The van der Waals surface area contributed by atoms with Crippen molar-refractivity contribution < 1.29 is 94.0 Å². The SMILES string of the molecule is C.CC(C)=O.CC1(C)OCC(CO)O1.CCCC(=O)O.CCCC(=O)OCC(COC(=O)CCC)OC(=O)CCC.O.OCC(O)CO.OCC(O)CO. The average Bonchev–Trinajstić information content (AvgIpc) is 3.44. The first kappa shape index (κ1) is 66.0. The average molecular weight is 799 g/mol. The van der Waals surface area contributed by atoms with Gasteiger partial charge in [0.1, 0.15) is 37.3 Å². The predicted octanol–water partition coefficient (Wildman–Crippen LogP) is 0.457. The first-order valence-corrected chi connectivity index (χ1v) is 17.2. The van der Waals surface area contributed by atoms with Crippen LogP contribution in [-0.2, 0) is 47.7 Å². The molecule has 0 amide bonds. The molecular weight excluding hydrogens is 724 g/mol. The monoisotopic (exact) mass is 798 g/mol. The number of aliphatic carboxylic acids is 1. The normalized spacial score (nSPS) is 13.1. The number of carboxylic acid groups (broad SMARTS) is 1. The van der Waals surface area contributed by atoms with E-state index < -0.39 is 30.1 Å². The molecule has 0 aliphatic carbocycles. The molecule has 1 heterocycles. The first-order valence-electron chi connectivity index (χ1n) is 17.2. The molecule has 0 aromatic carbocycles. The summed E-state index contributed by atoms with van der Waals surface area (Å²) in [7, 11) is 0. The molecule has 1 aliphatic rings. The van der Waals surface area contributed by atoms with E-state index >= 15 is 0 Å². The van der Waals surface area contributed by atoms with E-state index in [1.165, 1.54) is 13.8 Å². The Morgan fingerprint density at radius 3 is 1.20 bits per heavy atom. The van der Waals surface area contributed by atoms with E-state index in [0.717, 1.165) is 6.42 Å². The van der Waals surface area contributed by atoms with Crippen molar-refractivity contribution in [3.63, 3.8) is 0 Å². The topological polar surface area (TPSA) is 325 Å². The Kier molecular flexibility index (Phi) is 56.6. The molecule has 0 saturated carbocycles. The predicted molar refractivity (Wildman–Crippen MR) is 198 cm³/mol. The quantitative estimate of drug-likeness (QED) is 0.0689. The van der Waals surface area contributed by atoms with Gasteiger partial charge in [0, 0.05) is 25.7 Å². The van der Waals surface area contributed by atoms with Crippen LogP contribution in [-0.4, -0.2) is 159 Å². The summed E-state index contributed by atoms with van der Waals surface area (Å²) in [5.41, 5.74) is 0. The maximum Gasteiger partial charge on any atom is 0.306 e. The Hall–Kier alpha value is -2.85. The lowest BCUT2D eigenvalue weighted by Gasteiger charge is -2.18. The standard InChI is InChI=1S/C15H26O6.C6H12O3.C4H8O2.2C3H8O3.C3H6O.CH4.H2O/c1-4-7-13(16)19-10-12(21-15(18)9-6-3)11-20-14(17)8-5-2;1-6(2)8-4-5(3-7)9-6;1-2-3-4(5)6;2*4-1-3(6)2-5;1-3(2)4;;/h12H,4-11H2,1-3H3;5,7H,3-4H2,1-2H3;2-3H2,1H3,(H,5,6);2*3-6H,1-2H2;1-2H3;1H4;1H2. The van der Waals surface area contributed by atoms with Gasteiger partial charge in [-0.3, -0.25) is 19.2 Å². The van der Waals surface area contributed by atoms with Crippen LogP contribution in [0, 0.1) is 0 Å². The highest BCUT2D eigenvalue weighted by atomic mass is 16.7. The van der Waals surface area contributed by atoms with E-state index in [1.807, 2.05) is 41.5 Å². The second kappa shape index (κ2) is 46.3. The van der Waals surface area contributed by atoms with Gasteiger partial charge < -0.3 is 74.8 Å². The number of aliphatic hydroxyl groups is 7. The van der Waals surface area contributed by atoms with Gasteiger partial charge in [-0.25, -0.2) is 0 Å². The lowest BCUT2D eigenvalue weighted by molar-refractivity contribution is -0.166. The van der Waals surface area contributed by atoms with Crippen molar-refractivity contribution in [2.24, 2.45) is 0 Å². The second-order valence-corrected chi connectivity index (χ2v) is 11.5. The summed E-state index contributed by atoms with van der Waals surface area (Å²) in [4.78, 5) is 53.2. The van der Waals surface area contributed by atoms with Crippen molar-refractivity contribution in [1.29, 1.82) is 0 Å². The molecule has 0 spiro atoms. The maximum atomic E-state index is 11.5. The Morgan fingerprint density at radius 2 is 1.02 bits per heavy atom. The van der Waals surface area contributed by atoms with Gasteiger partial charge in [0.15, 0.2) is 11.9 Å². The number of ketones is 1. The summed E-state index contributed by atoms with van der Waals surface area (Å²) in [5.74, 6) is -2.13. The van der Waals surface area contributed by atoms with E-state index in [-0.39, 0.29) is 95.4 Å². The third kappa shape index (κ3) is 58.5. The highest BCUT2D eigenvalue weighted by Crippen LogP contribution is 2.21. The largest absolute Gasteiger partial charge is 0.481 e. The van der Waals surface area contributed by atoms with Crippen LogP contribution in [0.1, 0.15) is 114 Å². The second-order valence-electron chi connectivity index (χ2n) is 11.5. The van der Waals surface area contributed by atoms with Crippen LogP contribution in [0.4, 0.5) is 0 Å². The van der Waals surface area contributed by atoms with Gasteiger partial charge in [0.25, 0.3) is 0 Å². The fourth-order valence-corrected chi connectivity index (χ4v) is 2.67. The van der Waals surface area contributed by atoms with Gasteiger partial charge in [-0.15, -0.1) is 0 Å². The third-order valence-electron chi connectivity index (χ3n) is 5.10. The van der Waals surface area contributed by atoms with Crippen LogP contribution >= 0.6 is 0 Å². The van der Waals surface area contributed by atoms with E-state index in [9.17, 15) is 24.0 Å². The number of carboxylic acids is 1. The highest BCUT2D eigenvalue weighted by Gasteiger charge is 2.31. The van der Waals surface area contributed by atoms with E-state index in [1.54, 1.807) is 0 Å². The van der Waals surface area contributed by atoms with Crippen LogP contribution < -0.4 is 0 Å². The Morgan fingerprint density at radius 1 is 0.685 bits per heavy atom. The van der Waals surface area contributed by atoms with Crippen molar-refractivity contribution in [3.05, 3.63) is 0 Å². The van der Waals surface area contributed by atoms with E-state index in [4.69, 9.17) is 64.5 Å². The smallest absolute Gasteiger partial charge is 0.306 e. The Labute approximate surface area is 320 Å².